The van der Waals surface area contributed by atoms with Crippen molar-refractivity contribution in [1.82, 2.24) is 5.32 Å². The van der Waals surface area contributed by atoms with Crippen LogP contribution in [0.2, 0.25) is 5.02 Å². The lowest BCUT2D eigenvalue weighted by molar-refractivity contribution is 0.543. The predicted molar refractivity (Wildman–Crippen MR) is 73.0 cm³/mol. The van der Waals surface area contributed by atoms with Crippen LogP contribution in [-0.2, 0) is 6.54 Å². The van der Waals surface area contributed by atoms with Crippen LogP contribution in [0.15, 0.2) is 42.5 Å². The number of halogens is 3. The third-order valence-corrected chi connectivity index (χ3v) is 3.23. The normalized spacial score (nSPS) is 11.9. The standard InChI is InChI=1S/C15H11ClF2N2/c16-13-4-2-1-3-10(13)9-20-15(8-19)12-6-5-11(17)7-14(12)18/h1-7,15,20H,9H2. The summed E-state index contributed by atoms with van der Waals surface area (Å²) in [6.45, 7) is 0.314. The molecule has 5 heteroatoms. The van der Waals surface area contributed by atoms with E-state index >= 15 is 0 Å². The molecule has 2 aromatic rings. The molecule has 0 fully saturated rings. The smallest absolute Gasteiger partial charge is 0.131 e. The second kappa shape index (κ2) is 6.47. The molecule has 0 aliphatic carbocycles. The maximum absolute atomic E-state index is 13.6. The van der Waals surface area contributed by atoms with E-state index in [-0.39, 0.29) is 5.56 Å². The second-order valence-corrected chi connectivity index (χ2v) is 4.61. The van der Waals surface area contributed by atoms with Crippen molar-refractivity contribution in [2.45, 2.75) is 12.6 Å². The monoisotopic (exact) mass is 292 g/mol. The molecule has 0 saturated heterocycles. The van der Waals surface area contributed by atoms with Crippen LogP contribution in [0.4, 0.5) is 8.78 Å². The first-order valence-corrected chi connectivity index (χ1v) is 6.31. The van der Waals surface area contributed by atoms with Gasteiger partial charge in [-0.25, -0.2) is 8.78 Å². The van der Waals surface area contributed by atoms with Crippen LogP contribution in [0.3, 0.4) is 0 Å². The summed E-state index contributed by atoms with van der Waals surface area (Å²) >= 11 is 6.00. The molecule has 2 rings (SSSR count). The van der Waals surface area contributed by atoms with Gasteiger partial charge in [-0.15, -0.1) is 0 Å². The highest BCUT2D eigenvalue weighted by Crippen LogP contribution is 2.20. The van der Waals surface area contributed by atoms with E-state index in [1.54, 1.807) is 12.1 Å². The van der Waals surface area contributed by atoms with E-state index in [0.29, 0.717) is 11.6 Å². The van der Waals surface area contributed by atoms with Crippen molar-refractivity contribution >= 4 is 11.6 Å². The molecule has 20 heavy (non-hydrogen) atoms. The first-order valence-electron chi connectivity index (χ1n) is 5.93. The van der Waals surface area contributed by atoms with Gasteiger partial charge in [0, 0.05) is 23.2 Å². The van der Waals surface area contributed by atoms with E-state index in [2.05, 4.69) is 5.32 Å². The van der Waals surface area contributed by atoms with E-state index in [4.69, 9.17) is 16.9 Å². The maximum Gasteiger partial charge on any atom is 0.131 e. The van der Waals surface area contributed by atoms with Crippen molar-refractivity contribution < 1.29 is 8.78 Å². The van der Waals surface area contributed by atoms with E-state index in [1.165, 1.54) is 6.07 Å². The molecule has 0 spiro atoms. The Labute approximate surface area is 120 Å². The Morgan fingerprint density at radius 3 is 2.60 bits per heavy atom. The molecular weight excluding hydrogens is 282 g/mol. The minimum absolute atomic E-state index is 0.112. The van der Waals surface area contributed by atoms with Crippen LogP contribution in [0.25, 0.3) is 0 Å². The van der Waals surface area contributed by atoms with Gasteiger partial charge >= 0.3 is 0 Å². The Bertz CT molecular complexity index is 653. The fraction of sp³-hybridized carbons (Fsp3) is 0.133. The fourth-order valence-electron chi connectivity index (χ4n) is 1.81. The lowest BCUT2D eigenvalue weighted by Crippen LogP contribution is -2.20. The molecule has 0 aliphatic heterocycles. The van der Waals surface area contributed by atoms with Crippen molar-refractivity contribution in [1.29, 1.82) is 5.26 Å². The van der Waals surface area contributed by atoms with Gasteiger partial charge in [-0.1, -0.05) is 35.9 Å². The van der Waals surface area contributed by atoms with Crippen molar-refractivity contribution in [2.24, 2.45) is 0 Å². The summed E-state index contributed by atoms with van der Waals surface area (Å²) in [5.74, 6) is -1.42. The fourth-order valence-corrected chi connectivity index (χ4v) is 2.02. The van der Waals surface area contributed by atoms with Gasteiger partial charge in [0.05, 0.1) is 6.07 Å². The molecule has 0 saturated carbocycles. The van der Waals surface area contributed by atoms with Crippen LogP contribution in [0.5, 0.6) is 0 Å². The van der Waals surface area contributed by atoms with E-state index in [9.17, 15) is 8.78 Å². The molecule has 1 N–H and O–H groups in total. The molecule has 1 atom stereocenters. The van der Waals surface area contributed by atoms with Crippen molar-refractivity contribution in [3.05, 3.63) is 70.2 Å². The van der Waals surface area contributed by atoms with E-state index in [1.807, 2.05) is 18.2 Å². The quantitative estimate of drug-likeness (QED) is 0.925. The molecule has 0 heterocycles. The van der Waals surface area contributed by atoms with E-state index < -0.39 is 17.7 Å². The van der Waals surface area contributed by atoms with Gasteiger partial charge in [0.15, 0.2) is 0 Å². The zero-order valence-electron chi connectivity index (χ0n) is 10.4. The van der Waals surface area contributed by atoms with Crippen molar-refractivity contribution in [3.8, 4) is 6.07 Å². The Morgan fingerprint density at radius 1 is 1.20 bits per heavy atom. The third-order valence-electron chi connectivity index (χ3n) is 2.86. The van der Waals surface area contributed by atoms with Gasteiger partial charge in [0.1, 0.15) is 17.7 Å². The number of rotatable bonds is 4. The van der Waals surface area contributed by atoms with Crippen LogP contribution >= 0.6 is 11.6 Å². The van der Waals surface area contributed by atoms with Crippen molar-refractivity contribution in [2.75, 3.05) is 0 Å². The molecule has 1 unspecified atom stereocenters. The summed E-state index contributed by atoms with van der Waals surface area (Å²) < 4.78 is 26.5. The number of nitrogens with one attached hydrogen (secondary N) is 1. The summed E-state index contributed by atoms with van der Waals surface area (Å²) in [6.07, 6.45) is 0. The number of hydrogen-bond acceptors (Lipinski definition) is 2. The average molecular weight is 293 g/mol. The molecule has 0 aromatic heterocycles. The van der Waals surface area contributed by atoms with E-state index in [0.717, 1.165) is 17.7 Å². The highest BCUT2D eigenvalue weighted by Gasteiger charge is 2.15. The lowest BCUT2D eigenvalue weighted by Gasteiger charge is -2.13. The summed E-state index contributed by atoms with van der Waals surface area (Å²) in [4.78, 5) is 0. The summed E-state index contributed by atoms with van der Waals surface area (Å²) in [5.41, 5.74) is 0.915. The predicted octanol–water partition coefficient (Wildman–Crippen LogP) is 3.97. The van der Waals surface area contributed by atoms with Crippen molar-refractivity contribution in [3.63, 3.8) is 0 Å². The van der Waals surface area contributed by atoms with Crippen LogP contribution in [0, 0.1) is 23.0 Å². The van der Waals surface area contributed by atoms with Gasteiger partial charge in [-0.3, -0.25) is 5.32 Å². The van der Waals surface area contributed by atoms with Gasteiger partial charge in [0.2, 0.25) is 0 Å². The van der Waals surface area contributed by atoms with Crippen LogP contribution in [-0.4, -0.2) is 0 Å². The first-order chi connectivity index (χ1) is 9.61. The molecule has 102 valence electrons. The number of nitriles is 1. The van der Waals surface area contributed by atoms with Gasteiger partial charge in [-0.05, 0) is 17.7 Å². The summed E-state index contributed by atoms with van der Waals surface area (Å²) in [5, 5.41) is 12.6. The summed E-state index contributed by atoms with van der Waals surface area (Å²) in [7, 11) is 0. The molecule has 0 amide bonds. The Balaban J connectivity index is 2.14. The van der Waals surface area contributed by atoms with Gasteiger partial charge < -0.3 is 0 Å². The molecule has 0 aliphatic rings. The SMILES string of the molecule is N#CC(NCc1ccccc1Cl)c1ccc(F)cc1F. The molecule has 0 radical (unpaired) electrons. The Morgan fingerprint density at radius 2 is 1.95 bits per heavy atom. The number of hydrogen-bond donors (Lipinski definition) is 1. The zero-order valence-corrected chi connectivity index (χ0v) is 11.2. The highest BCUT2D eigenvalue weighted by molar-refractivity contribution is 6.31. The lowest BCUT2D eigenvalue weighted by atomic mass is 10.1. The molecule has 0 bridgehead atoms. The molecule has 2 nitrogen and oxygen atoms in total. The second-order valence-electron chi connectivity index (χ2n) is 4.20. The number of benzene rings is 2. The highest BCUT2D eigenvalue weighted by atomic mass is 35.5. The Hall–Kier alpha value is -1.96. The molecular formula is C15H11ClF2N2. The Kier molecular flexibility index (Phi) is 4.67. The van der Waals surface area contributed by atoms with Crippen LogP contribution < -0.4 is 5.32 Å². The molecule has 2 aromatic carbocycles. The zero-order chi connectivity index (χ0) is 14.5. The average Bonchev–Trinajstić information content (AvgIpc) is 2.43. The van der Waals surface area contributed by atoms with Crippen LogP contribution in [0.1, 0.15) is 17.2 Å². The van der Waals surface area contributed by atoms with Gasteiger partial charge in [0.25, 0.3) is 0 Å². The maximum atomic E-state index is 13.6. The third kappa shape index (κ3) is 3.32. The minimum atomic E-state index is -0.869. The summed E-state index contributed by atoms with van der Waals surface area (Å²) in [6, 6.07) is 11.4. The largest absolute Gasteiger partial charge is 0.294 e. The number of nitrogens with zero attached hydrogens (tertiary/aromatic N) is 1. The minimum Gasteiger partial charge on any atom is -0.294 e. The topological polar surface area (TPSA) is 35.8 Å². The van der Waals surface area contributed by atoms with Gasteiger partial charge in [-0.2, -0.15) is 5.26 Å². The first kappa shape index (κ1) is 14.4.